The summed E-state index contributed by atoms with van der Waals surface area (Å²) in [5.41, 5.74) is 0.817. The number of aromatic nitrogens is 1. The van der Waals surface area contributed by atoms with E-state index in [-0.39, 0.29) is 0 Å². The number of carbonyl (C=O) groups is 1. The molecule has 0 aromatic carbocycles. The largest absolute Gasteiger partial charge is 0.478 e. The van der Waals surface area contributed by atoms with Crippen LogP contribution >= 0.6 is 0 Å². The number of hydrogen-bond donors (Lipinski definition) is 1. The molecule has 0 aliphatic rings. The summed E-state index contributed by atoms with van der Waals surface area (Å²) in [5.74, 6) is -0.148. The van der Waals surface area contributed by atoms with Crippen LogP contribution in [0.2, 0.25) is 0 Å². The number of carboxylic acid groups (broad SMARTS) is 1. The van der Waals surface area contributed by atoms with E-state index in [9.17, 15) is 4.79 Å². The Morgan fingerprint density at radius 3 is 2.94 bits per heavy atom. The molecule has 92 valence electrons. The average Bonchev–Trinajstić information content (AvgIpc) is 2.34. The molecule has 1 atom stereocenters. The van der Waals surface area contributed by atoms with Crippen LogP contribution in [0.15, 0.2) is 24.4 Å². The zero-order valence-corrected chi connectivity index (χ0v) is 10.4. The van der Waals surface area contributed by atoms with E-state index < -0.39 is 5.97 Å². The minimum atomic E-state index is -0.953. The van der Waals surface area contributed by atoms with Crippen molar-refractivity contribution in [3.8, 4) is 0 Å². The molecular weight excluding hydrogens is 216 g/mol. The van der Waals surface area contributed by atoms with E-state index in [0.29, 0.717) is 6.04 Å². The van der Waals surface area contributed by atoms with Gasteiger partial charge in [0.15, 0.2) is 0 Å². The zero-order valence-electron chi connectivity index (χ0n) is 10.4. The van der Waals surface area contributed by atoms with Crippen LogP contribution in [0.1, 0.15) is 25.8 Å². The van der Waals surface area contributed by atoms with Gasteiger partial charge in [-0.25, -0.2) is 9.78 Å². The van der Waals surface area contributed by atoms with Gasteiger partial charge in [0.2, 0.25) is 0 Å². The number of anilines is 1. The predicted molar refractivity (Wildman–Crippen MR) is 69.1 cm³/mol. The average molecular weight is 234 g/mol. The first-order valence-corrected chi connectivity index (χ1v) is 5.65. The number of pyridine rings is 1. The van der Waals surface area contributed by atoms with Gasteiger partial charge in [0, 0.05) is 30.9 Å². The summed E-state index contributed by atoms with van der Waals surface area (Å²) < 4.78 is 0. The van der Waals surface area contributed by atoms with Crippen LogP contribution in [0.3, 0.4) is 0 Å². The third-order valence-electron chi connectivity index (χ3n) is 2.81. The molecule has 4 nitrogen and oxygen atoms in total. The topological polar surface area (TPSA) is 53.4 Å². The molecule has 0 saturated carbocycles. The maximum absolute atomic E-state index is 10.5. The predicted octanol–water partition coefficient (Wildman–Crippen LogP) is 2.41. The molecule has 0 aliphatic carbocycles. The first-order chi connectivity index (χ1) is 8.06. The lowest BCUT2D eigenvalue weighted by Crippen LogP contribution is -2.29. The normalized spacial score (nSPS) is 12.6. The highest BCUT2D eigenvalue weighted by atomic mass is 16.4. The highest BCUT2D eigenvalue weighted by molar-refractivity contribution is 5.86. The Kier molecular flexibility index (Phi) is 4.69. The van der Waals surface area contributed by atoms with E-state index in [1.165, 1.54) is 0 Å². The zero-order chi connectivity index (χ0) is 12.8. The van der Waals surface area contributed by atoms with E-state index >= 15 is 0 Å². The molecule has 4 heteroatoms. The van der Waals surface area contributed by atoms with Gasteiger partial charge in [0.05, 0.1) is 0 Å². The van der Waals surface area contributed by atoms with Gasteiger partial charge in [-0.3, -0.25) is 0 Å². The van der Waals surface area contributed by atoms with Gasteiger partial charge in [-0.05, 0) is 31.6 Å². The van der Waals surface area contributed by atoms with Gasteiger partial charge in [-0.15, -0.1) is 0 Å². The van der Waals surface area contributed by atoms with Crippen molar-refractivity contribution in [2.24, 2.45) is 0 Å². The fourth-order valence-electron chi connectivity index (χ4n) is 1.48. The second-order valence-electron chi connectivity index (χ2n) is 3.96. The molecule has 0 bridgehead atoms. The number of hydrogen-bond acceptors (Lipinski definition) is 3. The Bertz CT molecular complexity index is 416. The Morgan fingerprint density at radius 1 is 1.65 bits per heavy atom. The lowest BCUT2D eigenvalue weighted by molar-refractivity contribution is -0.131. The molecule has 1 aromatic heterocycles. The standard InChI is InChI=1S/C13H18N2O2/c1-4-10(2)15(3)13-11(6-5-9-14-13)7-8-12(16)17/h5-10H,4H2,1-3H3,(H,16,17)/b8-7+. The Morgan fingerprint density at radius 2 is 2.35 bits per heavy atom. The lowest BCUT2D eigenvalue weighted by Gasteiger charge is -2.26. The summed E-state index contributed by atoms with van der Waals surface area (Å²) in [6, 6.07) is 4.03. The van der Waals surface area contributed by atoms with E-state index in [2.05, 4.69) is 23.7 Å². The van der Waals surface area contributed by atoms with Crippen LogP contribution in [-0.2, 0) is 4.79 Å². The molecule has 1 aromatic rings. The van der Waals surface area contributed by atoms with Crippen LogP contribution in [0, 0.1) is 0 Å². The second-order valence-corrected chi connectivity index (χ2v) is 3.96. The van der Waals surface area contributed by atoms with Crippen LogP contribution in [0.4, 0.5) is 5.82 Å². The van der Waals surface area contributed by atoms with E-state index in [1.807, 2.05) is 13.1 Å². The van der Waals surface area contributed by atoms with Crippen LogP contribution in [0.5, 0.6) is 0 Å². The fraction of sp³-hybridized carbons (Fsp3) is 0.385. The molecular formula is C13H18N2O2. The smallest absolute Gasteiger partial charge is 0.328 e. The highest BCUT2D eigenvalue weighted by Crippen LogP contribution is 2.20. The molecule has 0 radical (unpaired) electrons. The quantitative estimate of drug-likeness (QED) is 0.795. The molecule has 17 heavy (non-hydrogen) atoms. The number of nitrogens with zero attached hydrogens (tertiary/aromatic N) is 2. The Balaban J connectivity index is 3.03. The van der Waals surface area contributed by atoms with E-state index in [4.69, 9.17) is 5.11 Å². The molecule has 1 heterocycles. The SMILES string of the molecule is CCC(C)N(C)c1ncccc1/C=C/C(=O)O. The summed E-state index contributed by atoms with van der Waals surface area (Å²) in [4.78, 5) is 16.9. The summed E-state index contributed by atoms with van der Waals surface area (Å²) in [5, 5.41) is 8.64. The number of carboxylic acids is 1. The van der Waals surface area contributed by atoms with Crippen molar-refractivity contribution in [1.82, 2.24) is 4.98 Å². The van der Waals surface area contributed by atoms with Crippen LogP contribution in [0.25, 0.3) is 6.08 Å². The number of aliphatic carboxylic acids is 1. The summed E-state index contributed by atoms with van der Waals surface area (Å²) in [6.45, 7) is 4.22. The molecule has 0 saturated heterocycles. The monoisotopic (exact) mass is 234 g/mol. The molecule has 0 fully saturated rings. The van der Waals surface area contributed by atoms with Crippen molar-refractivity contribution in [2.75, 3.05) is 11.9 Å². The minimum Gasteiger partial charge on any atom is -0.478 e. The lowest BCUT2D eigenvalue weighted by atomic mass is 10.2. The fourth-order valence-corrected chi connectivity index (χ4v) is 1.48. The first kappa shape index (κ1) is 13.2. The van der Waals surface area contributed by atoms with Crippen molar-refractivity contribution in [2.45, 2.75) is 26.3 Å². The Hall–Kier alpha value is -1.84. The van der Waals surface area contributed by atoms with Crippen molar-refractivity contribution in [1.29, 1.82) is 0 Å². The van der Waals surface area contributed by atoms with E-state index in [0.717, 1.165) is 23.9 Å². The first-order valence-electron chi connectivity index (χ1n) is 5.65. The van der Waals surface area contributed by atoms with Crippen LogP contribution < -0.4 is 4.90 Å². The maximum atomic E-state index is 10.5. The van der Waals surface area contributed by atoms with Gasteiger partial charge in [0.25, 0.3) is 0 Å². The third-order valence-corrected chi connectivity index (χ3v) is 2.81. The number of rotatable bonds is 5. The Labute approximate surface area is 102 Å². The molecule has 0 aliphatic heterocycles. The second kappa shape index (κ2) is 6.03. The van der Waals surface area contributed by atoms with Gasteiger partial charge < -0.3 is 10.0 Å². The van der Waals surface area contributed by atoms with Crippen molar-refractivity contribution in [3.05, 3.63) is 30.0 Å². The van der Waals surface area contributed by atoms with Gasteiger partial charge in [-0.2, -0.15) is 0 Å². The molecule has 1 N–H and O–H groups in total. The molecule has 1 unspecified atom stereocenters. The highest BCUT2D eigenvalue weighted by Gasteiger charge is 2.11. The van der Waals surface area contributed by atoms with Crippen molar-refractivity contribution >= 4 is 17.9 Å². The van der Waals surface area contributed by atoms with Crippen LogP contribution in [-0.4, -0.2) is 29.1 Å². The van der Waals surface area contributed by atoms with Gasteiger partial charge in [-0.1, -0.05) is 6.92 Å². The molecule has 0 spiro atoms. The minimum absolute atomic E-state index is 0.363. The summed E-state index contributed by atoms with van der Waals surface area (Å²) >= 11 is 0. The van der Waals surface area contributed by atoms with Crippen molar-refractivity contribution < 1.29 is 9.90 Å². The maximum Gasteiger partial charge on any atom is 0.328 e. The molecule has 1 rings (SSSR count). The summed E-state index contributed by atoms with van der Waals surface area (Å²) in [6.07, 6.45) is 5.43. The van der Waals surface area contributed by atoms with E-state index in [1.54, 1.807) is 18.3 Å². The van der Waals surface area contributed by atoms with Gasteiger partial charge in [0.1, 0.15) is 5.82 Å². The van der Waals surface area contributed by atoms with Crippen molar-refractivity contribution in [3.63, 3.8) is 0 Å². The molecule has 0 amide bonds. The third kappa shape index (κ3) is 3.59. The summed E-state index contributed by atoms with van der Waals surface area (Å²) in [7, 11) is 1.97. The van der Waals surface area contributed by atoms with Gasteiger partial charge >= 0.3 is 5.97 Å².